The van der Waals surface area contributed by atoms with E-state index in [0.717, 1.165) is 12.8 Å². The number of hydrogen-bond acceptors (Lipinski definition) is 4. The number of benzene rings is 1. The molecule has 2 heterocycles. The van der Waals surface area contributed by atoms with Gasteiger partial charge in [0.1, 0.15) is 5.82 Å². The average Bonchev–Trinajstić information content (AvgIpc) is 2.58. The van der Waals surface area contributed by atoms with Crippen molar-refractivity contribution < 1.29 is 9.90 Å². The Morgan fingerprint density at radius 3 is 2.75 bits per heavy atom. The Morgan fingerprint density at radius 2 is 2.08 bits per heavy atom. The number of carbonyl (C=O) groups excluding carboxylic acids is 1. The first-order chi connectivity index (χ1) is 11.5. The third kappa shape index (κ3) is 3.57. The number of piperidine rings is 1. The van der Waals surface area contributed by atoms with Gasteiger partial charge in [-0.25, -0.2) is 4.98 Å². The first-order valence-electron chi connectivity index (χ1n) is 8.28. The van der Waals surface area contributed by atoms with Gasteiger partial charge in [0.15, 0.2) is 0 Å². The number of nitrogen functional groups attached to an aromatic ring is 1. The third-order valence-corrected chi connectivity index (χ3v) is 4.70. The second-order valence-electron chi connectivity index (χ2n) is 6.49. The van der Waals surface area contributed by atoms with Gasteiger partial charge in [-0.3, -0.25) is 4.79 Å². The van der Waals surface area contributed by atoms with Crippen LogP contribution < -0.4 is 5.73 Å². The van der Waals surface area contributed by atoms with E-state index in [1.165, 1.54) is 11.1 Å². The van der Waals surface area contributed by atoms with Gasteiger partial charge in [0.2, 0.25) is 0 Å². The van der Waals surface area contributed by atoms with E-state index in [4.69, 9.17) is 5.73 Å². The standard InChI is InChI=1S/C19H23N3O2/c1-13-4-6-14(7-5-13)11-15-8-10-22(12-17(15)23)19(24)16-3-2-9-21-18(16)20/h2-7,9,15,17,23H,8,10-12H2,1H3,(H2,20,21)/t15-,17-/m1/s1. The predicted octanol–water partition coefficient (Wildman–Crippen LogP) is 2.04. The molecule has 1 aliphatic heterocycles. The first-order valence-corrected chi connectivity index (χ1v) is 8.28. The van der Waals surface area contributed by atoms with Crippen molar-refractivity contribution in [3.05, 3.63) is 59.3 Å². The molecule has 24 heavy (non-hydrogen) atoms. The highest BCUT2D eigenvalue weighted by molar-refractivity contribution is 5.98. The van der Waals surface area contributed by atoms with Gasteiger partial charge in [-0.1, -0.05) is 29.8 Å². The highest BCUT2D eigenvalue weighted by atomic mass is 16.3. The minimum absolute atomic E-state index is 0.159. The van der Waals surface area contributed by atoms with Crippen LogP contribution in [-0.4, -0.2) is 40.1 Å². The number of pyridine rings is 1. The quantitative estimate of drug-likeness (QED) is 0.905. The Kier molecular flexibility index (Phi) is 4.81. The molecule has 3 rings (SSSR count). The monoisotopic (exact) mass is 325 g/mol. The Balaban J connectivity index is 1.63. The summed E-state index contributed by atoms with van der Waals surface area (Å²) in [4.78, 5) is 18.2. The Hall–Kier alpha value is -2.40. The smallest absolute Gasteiger partial charge is 0.257 e. The molecule has 2 aromatic rings. The zero-order chi connectivity index (χ0) is 17.1. The number of hydrogen-bond donors (Lipinski definition) is 2. The van der Waals surface area contributed by atoms with Crippen molar-refractivity contribution in [2.45, 2.75) is 25.9 Å². The van der Waals surface area contributed by atoms with Crippen LogP contribution in [0.2, 0.25) is 0 Å². The summed E-state index contributed by atoms with van der Waals surface area (Å²) >= 11 is 0. The lowest BCUT2D eigenvalue weighted by Crippen LogP contribution is -2.47. The van der Waals surface area contributed by atoms with Gasteiger partial charge in [0.25, 0.3) is 5.91 Å². The van der Waals surface area contributed by atoms with E-state index in [9.17, 15) is 9.90 Å². The maximum absolute atomic E-state index is 12.6. The highest BCUT2D eigenvalue weighted by Gasteiger charge is 2.31. The van der Waals surface area contributed by atoms with Gasteiger partial charge < -0.3 is 15.7 Å². The summed E-state index contributed by atoms with van der Waals surface area (Å²) in [6.45, 7) is 3.03. The molecule has 5 nitrogen and oxygen atoms in total. The molecule has 1 aliphatic rings. The molecule has 1 aromatic carbocycles. The number of amides is 1. The number of anilines is 1. The fourth-order valence-corrected chi connectivity index (χ4v) is 3.20. The molecule has 1 fully saturated rings. The molecule has 0 unspecified atom stereocenters. The summed E-state index contributed by atoms with van der Waals surface area (Å²) in [5.41, 5.74) is 8.64. The summed E-state index contributed by atoms with van der Waals surface area (Å²) in [6.07, 6.45) is 2.65. The number of aliphatic hydroxyl groups excluding tert-OH is 1. The molecule has 0 spiro atoms. The summed E-state index contributed by atoms with van der Waals surface area (Å²) in [7, 11) is 0. The number of rotatable bonds is 3. The number of nitrogens with zero attached hydrogens (tertiary/aromatic N) is 2. The SMILES string of the molecule is Cc1ccc(C[C@H]2CCN(C(=O)c3cccnc3N)C[C@H]2O)cc1. The summed E-state index contributed by atoms with van der Waals surface area (Å²) < 4.78 is 0. The Morgan fingerprint density at radius 1 is 1.33 bits per heavy atom. The molecule has 1 aromatic heterocycles. The van der Waals surface area contributed by atoms with Crippen molar-refractivity contribution in [3.8, 4) is 0 Å². The molecule has 1 amide bonds. The molecule has 3 N–H and O–H groups in total. The van der Waals surface area contributed by atoms with Gasteiger partial charge >= 0.3 is 0 Å². The van der Waals surface area contributed by atoms with Crippen molar-refractivity contribution in [1.82, 2.24) is 9.88 Å². The topological polar surface area (TPSA) is 79.5 Å². The second-order valence-corrected chi connectivity index (χ2v) is 6.49. The van der Waals surface area contributed by atoms with Gasteiger partial charge in [-0.05, 0) is 43.4 Å². The van der Waals surface area contributed by atoms with Crippen LogP contribution in [0, 0.1) is 12.8 Å². The fourth-order valence-electron chi connectivity index (χ4n) is 3.20. The minimum atomic E-state index is -0.526. The molecule has 0 radical (unpaired) electrons. The lowest BCUT2D eigenvalue weighted by molar-refractivity contribution is 0.0198. The van der Waals surface area contributed by atoms with Crippen LogP contribution in [0.15, 0.2) is 42.6 Å². The van der Waals surface area contributed by atoms with E-state index in [1.807, 2.05) is 0 Å². The predicted molar refractivity (Wildman–Crippen MR) is 93.5 cm³/mol. The van der Waals surface area contributed by atoms with Crippen LogP contribution in [0.5, 0.6) is 0 Å². The number of β-amino-alcohol motifs (C(OH)–C–C–N with tert-alkyl or cyclic N) is 1. The summed E-state index contributed by atoms with van der Waals surface area (Å²) in [6, 6.07) is 11.8. The van der Waals surface area contributed by atoms with Crippen molar-refractivity contribution >= 4 is 11.7 Å². The first kappa shape index (κ1) is 16.5. The number of likely N-dealkylation sites (tertiary alicyclic amines) is 1. The van der Waals surface area contributed by atoms with Gasteiger partial charge in [0, 0.05) is 19.3 Å². The molecule has 0 aliphatic carbocycles. The molecule has 2 atom stereocenters. The lowest BCUT2D eigenvalue weighted by Gasteiger charge is -2.36. The van der Waals surface area contributed by atoms with Crippen LogP contribution in [0.1, 0.15) is 27.9 Å². The van der Waals surface area contributed by atoms with Crippen LogP contribution in [0.25, 0.3) is 0 Å². The number of aromatic nitrogens is 1. The Labute approximate surface area is 142 Å². The number of aryl methyl sites for hydroxylation is 1. The second kappa shape index (κ2) is 7.01. The van der Waals surface area contributed by atoms with Crippen molar-refractivity contribution in [2.75, 3.05) is 18.8 Å². The van der Waals surface area contributed by atoms with E-state index in [1.54, 1.807) is 23.2 Å². The average molecular weight is 325 g/mol. The van der Waals surface area contributed by atoms with Gasteiger partial charge in [-0.15, -0.1) is 0 Å². The normalized spacial score (nSPS) is 20.8. The molecule has 0 bridgehead atoms. The molecular weight excluding hydrogens is 302 g/mol. The zero-order valence-electron chi connectivity index (χ0n) is 13.9. The third-order valence-electron chi connectivity index (χ3n) is 4.70. The van der Waals surface area contributed by atoms with Crippen LogP contribution >= 0.6 is 0 Å². The maximum Gasteiger partial charge on any atom is 0.257 e. The molecule has 1 saturated heterocycles. The summed E-state index contributed by atoms with van der Waals surface area (Å²) in [5, 5.41) is 10.5. The molecule has 126 valence electrons. The van der Waals surface area contributed by atoms with Gasteiger partial charge in [-0.2, -0.15) is 0 Å². The lowest BCUT2D eigenvalue weighted by atomic mass is 9.87. The van der Waals surface area contributed by atoms with Crippen LogP contribution in [0.3, 0.4) is 0 Å². The van der Waals surface area contributed by atoms with Crippen molar-refractivity contribution in [2.24, 2.45) is 5.92 Å². The van der Waals surface area contributed by atoms with E-state index >= 15 is 0 Å². The highest BCUT2D eigenvalue weighted by Crippen LogP contribution is 2.24. The number of aliphatic hydroxyl groups is 1. The largest absolute Gasteiger partial charge is 0.391 e. The zero-order valence-corrected chi connectivity index (χ0v) is 13.9. The fraction of sp³-hybridized carbons (Fsp3) is 0.368. The van der Waals surface area contributed by atoms with E-state index in [2.05, 4.69) is 36.2 Å². The molecular formula is C19H23N3O2. The van der Waals surface area contributed by atoms with E-state index in [0.29, 0.717) is 18.7 Å². The summed E-state index contributed by atoms with van der Waals surface area (Å²) in [5.74, 6) is 0.246. The maximum atomic E-state index is 12.6. The van der Waals surface area contributed by atoms with E-state index < -0.39 is 6.10 Å². The van der Waals surface area contributed by atoms with Crippen molar-refractivity contribution in [3.63, 3.8) is 0 Å². The Bertz CT molecular complexity index is 715. The number of nitrogens with two attached hydrogens (primary N) is 1. The van der Waals surface area contributed by atoms with Gasteiger partial charge in [0.05, 0.1) is 11.7 Å². The molecule has 0 saturated carbocycles. The minimum Gasteiger partial charge on any atom is -0.391 e. The number of carbonyl (C=O) groups is 1. The van der Waals surface area contributed by atoms with Crippen LogP contribution in [0.4, 0.5) is 5.82 Å². The van der Waals surface area contributed by atoms with Crippen molar-refractivity contribution in [1.29, 1.82) is 0 Å². The van der Waals surface area contributed by atoms with E-state index in [-0.39, 0.29) is 17.6 Å². The van der Waals surface area contributed by atoms with Crippen LogP contribution in [-0.2, 0) is 6.42 Å². The molecule has 5 heteroatoms.